The van der Waals surface area contributed by atoms with Gasteiger partial charge in [-0.3, -0.25) is 4.79 Å². The molecule has 24 heavy (non-hydrogen) atoms. The highest BCUT2D eigenvalue weighted by Gasteiger charge is 2.37. The predicted octanol–water partition coefficient (Wildman–Crippen LogP) is 2.00. The second kappa shape index (κ2) is 7.08. The van der Waals surface area contributed by atoms with E-state index in [1.165, 1.54) is 29.6 Å². The lowest BCUT2D eigenvalue weighted by Gasteiger charge is -2.35. The summed E-state index contributed by atoms with van der Waals surface area (Å²) < 4.78 is 31.4. The van der Waals surface area contributed by atoms with Gasteiger partial charge in [0.2, 0.25) is 10.0 Å². The summed E-state index contributed by atoms with van der Waals surface area (Å²) in [5.41, 5.74) is 0.0632. The molecule has 1 aromatic rings. The van der Waals surface area contributed by atoms with E-state index in [0.717, 1.165) is 0 Å². The number of carbonyl (C=O) groups is 2. The van der Waals surface area contributed by atoms with Crippen LogP contribution in [-0.2, 0) is 19.6 Å². The number of esters is 1. The van der Waals surface area contributed by atoms with Crippen molar-refractivity contribution in [1.29, 1.82) is 0 Å². The molecule has 0 aromatic heterocycles. The van der Waals surface area contributed by atoms with E-state index in [-0.39, 0.29) is 28.1 Å². The Morgan fingerprint density at radius 1 is 1.33 bits per heavy atom. The number of rotatable bonds is 4. The first-order valence-corrected chi connectivity index (χ1v) is 9.12. The van der Waals surface area contributed by atoms with Gasteiger partial charge < -0.3 is 9.84 Å². The van der Waals surface area contributed by atoms with Crippen molar-refractivity contribution in [2.45, 2.75) is 30.7 Å². The molecule has 2 unspecified atom stereocenters. The second-order valence-corrected chi connectivity index (χ2v) is 7.97. The van der Waals surface area contributed by atoms with E-state index in [2.05, 4.69) is 4.74 Å². The first kappa shape index (κ1) is 18.7. The van der Waals surface area contributed by atoms with Gasteiger partial charge in [-0.25, -0.2) is 13.2 Å². The Morgan fingerprint density at radius 2 is 2.00 bits per heavy atom. The minimum Gasteiger partial charge on any atom is -0.481 e. The third-order valence-corrected chi connectivity index (χ3v) is 6.42. The molecule has 1 N–H and O–H groups in total. The average Bonchev–Trinajstić information content (AvgIpc) is 2.53. The maximum atomic E-state index is 12.8. The van der Waals surface area contributed by atoms with Crippen LogP contribution in [0.5, 0.6) is 0 Å². The van der Waals surface area contributed by atoms with Gasteiger partial charge in [-0.1, -0.05) is 11.6 Å². The molecule has 132 valence electrons. The van der Waals surface area contributed by atoms with Crippen molar-refractivity contribution in [1.82, 2.24) is 4.31 Å². The fourth-order valence-corrected chi connectivity index (χ4v) is 4.73. The van der Waals surface area contributed by atoms with Crippen LogP contribution in [0.3, 0.4) is 0 Å². The van der Waals surface area contributed by atoms with Gasteiger partial charge in [-0.15, -0.1) is 0 Å². The monoisotopic (exact) mass is 375 g/mol. The molecule has 1 saturated heterocycles. The summed E-state index contributed by atoms with van der Waals surface area (Å²) in [6, 6.07) is 3.42. The Hall–Kier alpha value is -1.64. The number of carbonyl (C=O) groups excluding carboxylic acids is 1. The minimum absolute atomic E-state index is 0.0395. The molecule has 0 saturated carbocycles. The molecule has 0 amide bonds. The first-order chi connectivity index (χ1) is 11.2. The number of benzene rings is 1. The summed E-state index contributed by atoms with van der Waals surface area (Å²) in [7, 11) is -2.72. The van der Waals surface area contributed by atoms with Gasteiger partial charge in [0.1, 0.15) is 0 Å². The van der Waals surface area contributed by atoms with Crippen molar-refractivity contribution in [2.75, 3.05) is 13.7 Å². The molecule has 7 nitrogen and oxygen atoms in total. The zero-order valence-corrected chi connectivity index (χ0v) is 14.8. The highest BCUT2D eigenvalue weighted by molar-refractivity contribution is 7.89. The lowest BCUT2D eigenvalue weighted by atomic mass is 9.96. The zero-order chi connectivity index (χ0) is 18.1. The fourth-order valence-electron chi connectivity index (χ4n) is 2.68. The van der Waals surface area contributed by atoms with Crippen LogP contribution >= 0.6 is 11.6 Å². The van der Waals surface area contributed by atoms with Crippen LogP contribution in [0.15, 0.2) is 23.1 Å². The number of carboxylic acids is 1. The maximum Gasteiger partial charge on any atom is 0.339 e. The molecule has 0 aliphatic carbocycles. The average molecular weight is 376 g/mol. The number of halogens is 1. The highest BCUT2D eigenvalue weighted by Crippen LogP contribution is 2.30. The maximum absolute atomic E-state index is 12.8. The number of aliphatic carboxylic acids is 1. The molecule has 1 fully saturated rings. The van der Waals surface area contributed by atoms with Crippen LogP contribution in [0.2, 0.25) is 5.02 Å². The van der Waals surface area contributed by atoms with E-state index in [4.69, 9.17) is 16.7 Å². The Balaban J connectivity index is 2.37. The van der Waals surface area contributed by atoms with Crippen molar-refractivity contribution < 1.29 is 27.9 Å². The summed E-state index contributed by atoms with van der Waals surface area (Å²) in [4.78, 5) is 22.6. The smallest absolute Gasteiger partial charge is 0.339 e. The summed E-state index contributed by atoms with van der Waals surface area (Å²) in [5, 5.41) is 9.11. The van der Waals surface area contributed by atoms with Crippen LogP contribution in [0.4, 0.5) is 0 Å². The van der Waals surface area contributed by atoms with E-state index in [0.29, 0.717) is 12.8 Å². The lowest BCUT2D eigenvalue weighted by molar-refractivity contribution is -0.143. The van der Waals surface area contributed by atoms with Gasteiger partial charge >= 0.3 is 11.9 Å². The van der Waals surface area contributed by atoms with E-state index >= 15 is 0 Å². The largest absolute Gasteiger partial charge is 0.481 e. The van der Waals surface area contributed by atoms with Gasteiger partial charge in [0.25, 0.3) is 0 Å². The molecule has 2 atom stereocenters. The molecule has 0 spiro atoms. The molecule has 0 radical (unpaired) electrons. The van der Waals surface area contributed by atoms with Crippen LogP contribution in [0, 0.1) is 5.92 Å². The SMILES string of the molecule is COC(=O)c1ccc(S(=O)(=O)N2CC(C(=O)O)CCC2C)cc1Cl. The molecule has 1 aliphatic rings. The molecular weight excluding hydrogens is 358 g/mol. The van der Waals surface area contributed by atoms with Gasteiger partial charge in [-0.05, 0) is 38.0 Å². The molecule has 1 aromatic carbocycles. The topological polar surface area (TPSA) is 101 Å². The number of nitrogens with zero attached hydrogens (tertiary/aromatic N) is 1. The zero-order valence-electron chi connectivity index (χ0n) is 13.2. The number of methoxy groups -OCH3 is 1. The van der Waals surface area contributed by atoms with Crippen LogP contribution in [0.25, 0.3) is 0 Å². The van der Waals surface area contributed by atoms with Crippen LogP contribution in [0.1, 0.15) is 30.1 Å². The quantitative estimate of drug-likeness (QED) is 0.808. The minimum atomic E-state index is -3.92. The van der Waals surface area contributed by atoms with Crippen LogP contribution < -0.4 is 0 Å². The first-order valence-electron chi connectivity index (χ1n) is 7.31. The van der Waals surface area contributed by atoms with Crippen molar-refractivity contribution in [3.63, 3.8) is 0 Å². The molecule has 9 heteroatoms. The van der Waals surface area contributed by atoms with Gasteiger partial charge in [0.05, 0.1) is 28.5 Å². The number of carboxylic acid groups (broad SMARTS) is 1. The van der Waals surface area contributed by atoms with Crippen molar-refractivity contribution >= 4 is 33.6 Å². The summed E-state index contributed by atoms with van der Waals surface area (Å²) in [6.45, 7) is 1.65. The Kier molecular flexibility index (Phi) is 5.52. The number of ether oxygens (including phenoxy) is 1. The molecular formula is C15H18ClNO6S. The van der Waals surface area contributed by atoms with E-state index < -0.39 is 27.9 Å². The Morgan fingerprint density at radius 3 is 2.54 bits per heavy atom. The van der Waals surface area contributed by atoms with E-state index in [1.807, 2.05) is 0 Å². The van der Waals surface area contributed by atoms with Crippen molar-refractivity contribution in [2.24, 2.45) is 5.92 Å². The van der Waals surface area contributed by atoms with E-state index in [9.17, 15) is 18.0 Å². The summed E-state index contributed by atoms with van der Waals surface area (Å²) in [5.74, 6) is -2.41. The fraction of sp³-hybridized carbons (Fsp3) is 0.467. The molecule has 0 bridgehead atoms. The number of hydrogen-bond donors (Lipinski definition) is 1. The molecule has 1 aliphatic heterocycles. The number of sulfonamides is 1. The van der Waals surface area contributed by atoms with Crippen LogP contribution in [-0.4, -0.2) is 49.5 Å². The normalized spacial score (nSPS) is 22.1. The summed E-state index contributed by atoms with van der Waals surface area (Å²) in [6.07, 6.45) is 0.898. The third kappa shape index (κ3) is 3.55. The standard InChI is InChI=1S/C15H18ClNO6S/c1-9-3-4-10(14(18)19)8-17(9)24(21,22)11-5-6-12(13(16)7-11)15(20)23-2/h5-7,9-10H,3-4,8H2,1-2H3,(H,18,19). The second-order valence-electron chi connectivity index (χ2n) is 5.67. The van der Waals surface area contributed by atoms with Crippen molar-refractivity contribution in [3.05, 3.63) is 28.8 Å². The van der Waals surface area contributed by atoms with Crippen molar-refractivity contribution in [3.8, 4) is 0 Å². The number of hydrogen-bond acceptors (Lipinski definition) is 5. The Labute approximate surface area is 145 Å². The van der Waals surface area contributed by atoms with Gasteiger partial charge in [-0.2, -0.15) is 4.31 Å². The molecule has 2 rings (SSSR count). The number of piperidine rings is 1. The Bertz CT molecular complexity index is 763. The molecule has 1 heterocycles. The lowest BCUT2D eigenvalue weighted by Crippen LogP contribution is -2.47. The third-order valence-electron chi connectivity index (χ3n) is 4.13. The van der Waals surface area contributed by atoms with E-state index in [1.54, 1.807) is 6.92 Å². The predicted molar refractivity (Wildman–Crippen MR) is 86.5 cm³/mol. The highest BCUT2D eigenvalue weighted by atomic mass is 35.5. The van der Waals surface area contributed by atoms with Gasteiger partial charge in [0, 0.05) is 12.6 Å². The van der Waals surface area contributed by atoms with Gasteiger partial charge in [0.15, 0.2) is 0 Å². The summed E-state index contributed by atoms with van der Waals surface area (Å²) >= 11 is 5.99.